The molecule has 0 bridgehead atoms. The SMILES string of the molecule is CCCCCCCCCCCCn1c(=O)c2cc(-c3c(F)c(F)c(F)c(F)c3F)sc2c2cc3c(cc21)c1sc(-c2c(F)c(F)c(F)c(F)c2F)cc1c(=O)n3CCCCCCCCCCCC. The van der Waals surface area contributed by atoms with E-state index in [0.29, 0.717) is 46.3 Å². The largest absolute Gasteiger partial charge is 0.308 e. The van der Waals surface area contributed by atoms with Crippen molar-refractivity contribution in [2.45, 2.75) is 155 Å². The predicted octanol–water partition coefficient (Wildman–Crippen LogP) is 17.3. The van der Waals surface area contributed by atoms with Gasteiger partial charge in [0, 0.05) is 43.0 Å². The molecule has 0 aliphatic heterocycles. The summed E-state index contributed by atoms with van der Waals surface area (Å²) in [5.41, 5.74) is -3.05. The number of halogens is 10. The van der Waals surface area contributed by atoms with Gasteiger partial charge in [-0.3, -0.25) is 9.59 Å². The topological polar surface area (TPSA) is 44.0 Å². The van der Waals surface area contributed by atoms with Gasteiger partial charge in [-0.25, -0.2) is 43.9 Å². The molecule has 0 N–H and O–H groups in total. The Kier molecular flexibility index (Phi) is 17.2. The monoisotopic (exact) mass is 992 g/mol. The summed E-state index contributed by atoms with van der Waals surface area (Å²) < 4.78 is 151. The Morgan fingerprint density at radius 2 is 0.618 bits per heavy atom. The second-order valence-electron chi connectivity index (χ2n) is 17.8. The number of hydrogen-bond donors (Lipinski definition) is 0. The summed E-state index contributed by atoms with van der Waals surface area (Å²) in [4.78, 5) is 28.3. The molecule has 4 heterocycles. The summed E-state index contributed by atoms with van der Waals surface area (Å²) >= 11 is 1.29. The minimum atomic E-state index is -2.33. The molecule has 16 heteroatoms. The summed E-state index contributed by atoms with van der Waals surface area (Å²) in [6, 6.07) is 5.43. The predicted molar refractivity (Wildman–Crippen MR) is 255 cm³/mol. The molecular formula is C52H54F10N2O2S2. The van der Waals surface area contributed by atoms with Crippen LogP contribution < -0.4 is 11.1 Å². The van der Waals surface area contributed by atoms with Crippen LogP contribution >= 0.6 is 22.7 Å². The van der Waals surface area contributed by atoms with Crippen molar-refractivity contribution >= 4 is 64.7 Å². The number of aromatic nitrogens is 2. The van der Waals surface area contributed by atoms with Gasteiger partial charge in [-0.15, -0.1) is 22.7 Å². The molecule has 0 saturated carbocycles. The van der Waals surface area contributed by atoms with E-state index in [4.69, 9.17) is 0 Å². The number of benzene rings is 3. The first kappa shape index (κ1) is 51.2. The Bertz CT molecular complexity index is 2820. The summed E-state index contributed by atoms with van der Waals surface area (Å²) in [7, 11) is 0. The Morgan fingerprint density at radius 3 is 0.912 bits per heavy atom. The van der Waals surface area contributed by atoms with Crippen molar-refractivity contribution in [1.82, 2.24) is 9.13 Å². The molecule has 0 atom stereocenters. The second kappa shape index (κ2) is 22.8. The van der Waals surface area contributed by atoms with Crippen LogP contribution in [0.5, 0.6) is 0 Å². The van der Waals surface area contributed by atoms with Crippen LogP contribution in [0.1, 0.15) is 142 Å². The lowest BCUT2D eigenvalue weighted by atomic mass is 10.0. The number of pyridine rings is 2. The summed E-state index contributed by atoms with van der Waals surface area (Å²) in [6.45, 7) is 4.62. The zero-order valence-corrected chi connectivity index (χ0v) is 39.8. The van der Waals surface area contributed by atoms with Crippen LogP contribution in [-0.4, -0.2) is 9.13 Å². The number of fused-ring (bicyclic) bond motifs is 6. The lowest BCUT2D eigenvalue weighted by Gasteiger charge is -2.16. The van der Waals surface area contributed by atoms with Crippen molar-refractivity contribution in [1.29, 1.82) is 0 Å². The highest BCUT2D eigenvalue weighted by Crippen LogP contribution is 2.44. The van der Waals surface area contributed by atoms with E-state index in [1.54, 1.807) is 12.1 Å². The molecular weight excluding hydrogens is 939 g/mol. The molecule has 4 nitrogen and oxygen atoms in total. The average Bonchev–Trinajstić information content (AvgIpc) is 3.98. The molecule has 68 heavy (non-hydrogen) atoms. The number of rotatable bonds is 24. The highest BCUT2D eigenvalue weighted by molar-refractivity contribution is 7.23. The maximum atomic E-state index is 15.3. The smallest absolute Gasteiger partial charge is 0.259 e. The van der Waals surface area contributed by atoms with Crippen LogP contribution in [0.2, 0.25) is 0 Å². The first-order chi connectivity index (χ1) is 32.7. The van der Waals surface area contributed by atoms with Gasteiger partial charge in [0.25, 0.3) is 11.1 Å². The number of nitrogens with zero attached hydrogens (tertiary/aromatic N) is 2. The molecule has 0 aliphatic rings. The second-order valence-corrected chi connectivity index (χ2v) is 19.9. The molecule has 3 aromatic carbocycles. The normalized spacial score (nSPS) is 12.1. The van der Waals surface area contributed by atoms with E-state index in [1.807, 2.05) is 0 Å². The average molecular weight is 993 g/mol. The summed E-state index contributed by atoms with van der Waals surface area (Å²) in [5, 5.41) is 0.544. The quantitative estimate of drug-likeness (QED) is 0.0199. The van der Waals surface area contributed by atoms with Crippen LogP contribution in [0.4, 0.5) is 43.9 Å². The van der Waals surface area contributed by atoms with E-state index in [-0.39, 0.29) is 44.3 Å². The van der Waals surface area contributed by atoms with Gasteiger partial charge in [0.05, 0.1) is 32.9 Å². The van der Waals surface area contributed by atoms with E-state index in [0.717, 1.165) is 102 Å². The van der Waals surface area contributed by atoms with Crippen LogP contribution in [-0.2, 0) is 13.1 Å². The highest BCUT2D eigenvalue weighted by atomic mass is 32.1. The molecule has 7 aromatic rings. The minimum absolute atomic E-state index is 0.0535. The molecule has 366 valence electrons. The van der Waals surface area contributed by atoms with Gasteiger partial charge in [0.15, 0.2) is 46.5 Å². The maximum Gasteiger partial charge on any atom is 0.259 e. The summed E-state index contributed by atoms with van der Waals surface area (Å²) in [5.74, 6) is -21.5. The fraction of sp³-hybridized carbons (Fsp3) is 0.462. The molecule has 0 unspecified atom stereocenters. The van der Waals surface area contributed by atoms with Gasteiger partial charge < -0.3 is 9.13 Å². The Balaban J connectivity index is 1.38. The van der Waals surface area contributed by atoms with Gasteiger partial charge in [0.2, 0.25) is 11.6 Å². The Labute approximate surface area is 395 Å². The molecule has 0 saturated heterocycles. The van der Waals surface area contributed by atoms with Crippen molar-refractivity contribution < 1.29 is 43.9 Å². The molecule has 0 fully saturated rings. The molecule has 0 amide bonds. The number of unbranched alkanes of at least 4 members (excludes halogenated alkanes) is 18. The Hall–Kier alpha value is -4.70. The highest BCUT2D eigenvalue weighted by Gasteiger charge is 2.31. The molecule has 7 rings (SSSR count). The number of hydrogen-bond acceptors (Lipinski definition) is 4. The molecule has 0 radical (unpaired) electrons. The lowest BCUT2D eigenvalue weighted by molar-refractivity contribution is 0.381. The number of thiophene rings is 2. The molecule has 0 spiro atoms. The van der Waals surface area contributed by atoms with E-state index < -0.39 is 90.2 Å². The van der Waals surface area contributed by atoms with Crippen LogP contribution in [0, 0.1) is 58.2 Å². The van der Waals surface area contributed by atoms with Crippen molar-refractivity contribution in [2.24, 2.45) is 0 Å². The standard InChI is InChI=1S/C52H54F10N2O2S2/c1-3-5-7-9-11-13-15-17-19-21-23-63-33-25-30-34(26-29(33)49-31(51(63)65)27-35(67-49)37-39(53)43(57)47(61)44(58)40(37)54)64(24-22-20-18-16-14-12-10-8-6-4-2)52(66)32-28-36(68-50(30)32)38-41(55)45(59)48(62)46(60)42(38)56/h25-28H,3-24H2,1-2H3. The maximum absolute atomic E-state index is 15.3. The van der Waals surface area contributed by atoms with Gasteiger partial charge in [0.1, 0.15) is 0 Å². The third kappa shape index (κ3) is 10.3. The van der Waals surface area contributed by atoms with Crippen LogP contribution in [0.3, 0.4) is 0 Å². The lowest BCUT2D eigenvalue weighted by Crippen LogP contribution is -2.22. The fourth-order valence-corrected chi connectivity index (χ4v) is 11.7. The van der Waals surface area contributed by atoms with Crippen LogP contribution in [0.15, 0.2) is 33.9 Å². The fourth-order valence-electron chi connectivity index (χ4n) is 9.24. The first-order valence-electron chi connectivity index (χ1n) is 23.9. The van der Waals surface area contributed by atoms with E-state index in [1.165, 1.54) is 34.8 Å². The van der Waals surface area contributed by atoms with Crippen molar-refractivity contribution in [2.75, 3.05) is 0 Å². The van der Waals surface area contributed by atoms with E-state index in [9.17, 15) is 35.9 Å². The zero-order valence-electron chi connectivity index (χ0n) is 38.2. The van der Waals surface area contributed by atoms with Gasteiger partial charge in [-0.2, -0.15) is 0 Å². The van der Waals surface area contributed by atoms with Crippen molar-refractivity contribution in [3.05, 3.63) is 103 Å². The van der Waals surface area contributed by atoms with Gasteiger partial charge >= 0.3 is 0 Å². The van der Waals surface area contributed by atoms with Gasteiger partial charge in [-0.1, -0.05) is 129 Å². The van der Waals surface area contributed by atoms with E-state index >= 15 is 17.6 Å². The zero-order chi connectivity index (χ0) is 48.8. The van der Waals surface area contributed by atoms with Crippen molar-refractivity contribution in [3.8, 4) is 20.9 Å². The third-order valence-corrected chi connectivity index (χ3v) is 15.4. The van der Waals surface area contributed by atoms with Gasteiger partial charge in [-0.05, 0) is 37.1 Å². The van der Waals surface area contributed by atoms with Crippen molar-refractivity contribution in [3.63, 3.8) is 0 Å². The first-order valence-corrected chi connectivity index (χ1v) is 25.5. The van der Waals surface area contributed by atoms with E-state index in [2.05, 4.69) is 13.8 Å². The molecule has 0 aliphatic carbocycles. The summed E-state index contributed by atoms with van der Waals surface area (Å²) in [6.07, 6.45) is 20.0. The third-order valence-electron chi connectivity index (χ3n) is 13.0. The van der Waals surface area contributed by atoms with Crippen LogP contribution in [0.25, 0.3) is 62.9 Å². The minimum Gasteiger partial charge on any atom is -0.308 e. The molecule has 4 aromatic heterocycles. The number of aryl methyl sites for hydroxylation is 2. The Morgan fingerprint density at radius 1 is 0.353 bits per heavy atom.